The number of nitro benzene ring substituents is 1. The Morgan fingerprint density at radius 1 is 0.938 bits per heavy atom. The maximum atomic E-state index is 12.5. The summed E-state index contributed by atoms with van der Waals surface area (Å²) in [5, 5.41) is 18.2. The van der Waals surface area contributed by atoms with Gasteiger partial charge in [0.2, 0.25) is 0 Å². The van der Waals surface area contributed by atoms with Gasteiger partial charge in [0, 0.05) is 28.4 Å². The Morgan fingerprint density at radius 2 is 1.66 bits per heavy atom. The average molecular weight is 471 g/mol. The molecule has 0 radical (unpaired) electrons. The Balaban J connectivity index is 1.69. The van der Waals surface area contributed by atoms with Crippen molar-refractivity contribution in [3.05, 3.63) is 104 Å². The number of nitro groups is 1. The molecule has 3 aromatic carbocycles. The molecule has 0 atom stereocenters. The molecule has 0 spiro atoms. The summed E-state index contributed by atoms with van der Waals surface area (Å²) >= 11 is 11.9. The van der Waals surface area contributed by atoms with Crippen LogP contribution < -0.4 is 10.7 Å². The summed E-state index contributed by atoms with van der Waals surface area (Å²) in [6.07, 6.45) is 0. The van der Waals surface area contributed by atoms with E-state index in [2.05, 4.69) is 15.8 Å². The van der Waals surface area contributed by atoms with Crippen molar-refractivity contribution in [3.63, 3.8) is 0 Å². The van der Waals surface area contributed by atoms with Gasteiger partial charge in [-0.3, -0.25) is 19.7 Å². The van der Waals surface area contributed by atoms with Crippen LogP contribution in [-0.2, 0) is 0 Å². The van der Waals surface area contributed by atoms with E-state index in [0.717, 1.165) is 0 Å². The number of non-ortho nitro benzene ring substituents is 1. The number of nitrogens with one attached hydrogen (secondary N) is 2. The SMILES string of the molecule is CC(=NNC(=O)c1ccc([N+](=O)[O-])cc1)c1cccc(NC(=O)c2ccc(Cl)cc2Cl)c1. The Morgan fingerprint density at radius 3 is 2.31 bits per heavy atom. The zero-order chi connectivity index (χ0) is 23.3. The topological polar surface area (TPSA) is 114 Å². The number of hydrazone groups is 1. The van der Waals surface area contributed by atoms with E-state index in [1.807, 2.05) is 0 Å². The van der Waals surface area contributed by atoms with Crippen LogP contribution in [0, 0.1) is 10.1 Å². The first kappa shape index (κ1) is 22.9. The van der Waals surface area contributed by atoms with Crippen molar-refractivity contribution in [3.8, 4) is 0 Å². The number of hydrogen-bond donors (Lipinski definition) is 2. The van der Waals surface area contributed by atoms with Gasteiger partial charge in [0.25, 0.3) is 17.5 Å². The molecule has 0 unspecified atom stereocenters. The molecule has 3 aromatic rings. The first-order chi connectivity index (χ1) is 15.2. The minimum absolute atomic E-state index is 0.111. The molecule has 0 heterocycles. The summed E-state index contributed by atoms with van der Waals surface area (Å²) in [7, 11) is 0. The minimum atomic E-state index is -0.545. The molecule has 0 saturated heterocycles. The molecule has 0 bridgehead atoms. The number of carbonyl (C=O) groups excluding carboxylic acids is 2. The van der Waals surface area contributed by atoms with Gasteiger partial charge >= 0.3 is 0 Å². The molecule has 0 aromatic heterocycles. The lowest BCUT2D eigenvalue weighted by atomic mass is 10.1. The molecule has 8 nitrogen and oxygen atoms in total. The van der Waals surface area contributed by atoms with Crippen molar-refractivity contribution in [2.24, 2.45) is 5.10 Å². The highest BCUT2D eigenvalue weighted by atomic mass is 35.5. The number of hydrogen-bond acceptors (Lipinski definition) is 5. The molecule has 0 fully saturated rings. The van der Waals surface area contributed by atoms with Crippen LogP contribution in [0.1, 0.15) is 33.2 Å². The van der Waals surface area contributed by atoms with Crippen LogP contribution in [0.15, 0.2) is 71.8 Å². The van der Waals surface area contributed by atoms with Crippen molar-refractivity contribution in [2.45, 2.75) is 6.92 Å². The van der Waals surface area contributed by atoms with Crippen LogP contribution in [0.25, 0.3) is 0 Å². The maximum absolute atomic E-state index is 12.5. The van der Waals surface area contributed by atoms with Gasteiger partial charge in [0.05, 0.1) is 21.2 Å². The van der Waals surface area contributed by atoms with Gasteiger partial charge in [-0.05, 0) is 55.0 Å². The summed E-state index contributed by atoms with van der Waals surface area (Å²) in [5.41, 5.74) is 4.46. The van der Waals surface area contributed by atoms with E-state index in [4.69, 9.17) is 23.2 Å². The van der Waals surface area contributed by atoms with E-state index in [1.165, 1.54) is 36.4 Å². The Hall–Kier alpha value is -3.75. The highest BCUT2D eigenvalue weighted by Gasteiger charge is 2.12. The summed E-state index contributed by atoms with van der Waals surface area (Å²) in [4.78, 5) is 34.9. The van der Waals surface area contributed by atoms with Crippen molar-refractivity contribution >= 4 is 52.1 Å². The summed E-state index contributed by atoms with van der Waals surface area (Å²) in [5.74, 6) is -0.911. The maximum Gasteiger partial charge on any atom is 0.271 e. The van der Waals surface area contributed by atoms with Gasteiger partial charge in [-0.15, -0.1) is 0 Å². The van der Waals surface area contributed by atoms with Gasteiger partial charge in [-0.2, -0.15) is 5.10 Å². The number of halogens is 2. The quantitative estimate of drug-likeness (QED) is 0.288. The van der Waals surface area contributed by atoms with Crippen LogP contribution in [0.4, 0.5) is 11.4 Å². The standard InChI is InChI=1S/C22H16Cl2N4O4/c1-13(26-27-21(29)14-5-8-18(9-6-14)28(31)32)15-3-2-4-17(11-15)25-22(30)19-10-7-16(23)12-20(19)24/h2-12H,1H3,(H,25,30)(H,27,29). The fourth-order valence-corrected chi connectivity index (χ4v) is 3.19. The van der Waals surface area contributed by atoms with Gasteiger partial charge in [-0.25, -0.2) is 5.43 Å². The van der Waals surface area contributed by atoms with Crippen molar-refractivity contribution in [1.29, 1.82) is 0 Å². The van der Waals surface area contributed by atoms with E-state index >= 15 is 0 Å². The zero-order valence-corrected chi connectivity index (χ0v) is 18.1. The van der Waals surface area contributed by atoms with Gasteiger partial charge < -0.3 is 5.32 Å². The number of benzene rings is 3. The highest BCUT2D eigenvalue weighted by molar-refractivity contribution is 6.37. The van der Waals surface area contributed by atoms with E-state index in [-0.39, 0.29) is 21.8 Å². The normalized spacial score (nSPS) is 11.0. The minimum Gasteiger partial charge on any atom is -0.322 e. The number of rotatable bonds is 6. The van der Waals surface area contributed by atoms with Crippen molar-refractivity contribution in [1.82, 2.24) is 5.43 Å². The molecule has 2 amide bonds. The Bertz CT molecular complexity index is 1230. The molecule has 0 saturated carbocycles. The average Bonchev–Trinajstić information content (AvgIpc) is 2.77. The molecule has 10 heteroatoms. The Labute approximate surface area is 193 Å². The molecule has 0 aliphatic rings. The first-order valence-electron chi connectivity index (χ1n) is 9.20. The van der Waals surface area contributed by atoms with Crippen LogP contribution in [-0.4, -0.2) is 22.4 Å². The Kier molecular flexibility index (Phi) is 7.19. The van der Waals surface area contributed by atoms with Crippen molar-refractivity contribution < 1.29 is 14.5 Å². The van der Waals surface area contributed by atoms with E-state index in [9.17, 15) is 19.7 Å². The van der Waals surface area contributed by atoms with Crippen LogP contribution in [0.2, 0.25) is 10.0 Å². The zero-order valence-electron chi connectivity index (χ0n) is 16.6. The largest absolute Gasteiger partial charge is 0.322 e. The second-order valence-electron chi connectivity index (χ2n) is 6.60. The second kappa shape index (κ2) is 10.0. The van der Waals surface area contributed by atoms with Crippen LogP contribution >= 0.6 is 23.2 Å². The van der Waals surface area contributed by atoms with Crippen LogP contribution in [0.5, 0.6) is 0 Å². The monoisotopic (exact) mass is 470 g/mol. The first-order valence-corrected chi connectivity index (χ1v) is 9.96. The van der Waals surface area contributed by atoms with E-state index in [1.54, 1.807) is 37.3 Å². The molecule has 32 heavy (non-hydrogen) atoms. The number of anilines is 1. The lowest BCUT2D eigenvalue weighted by molar-refractivity contribution is -0.384. The molecule has 2 N–H and O–H groups in total. The lowest BCUT2D eigenvalue weighted by Crippen LogP contribution is -2.19. The fraction of sp³-hybridized carbons (Fsp3) is 0.0455. The molecule has 3 rings (SSSR count). The number of nitrogens with zero attached hydrogens (tertiary/aromatic N) is 2. The molecule has 0 aliphatic carbocycles. The van der Waals surface area contributed by atoms with Gasteiger partial charge in [-0.1, -0.05) is 35.3 Å². The third kappa shape index (κ3) is 5.69. The van der Waals surface area contributed by atoms with E-state index < -0.39 is 16.7 Å². The number of carbonyl (C=O) groups is 2. The summed E-state index contributed by atoms with van der Waals surface area (Å²) < 4.78 is 0. The lowest BCUT2D eigenvalue weighted by Gasteiger charge is -2.09. The molecular formula is C22H16Cl2N4O4. The third-order valence-electron chi connectivity index (χ3n) is 4.38. The van der Waals surface area contributed by atoms with E-state index in [0.29, 0.717) is 22.0 Å². The van der Waals surface area contributed by atoms with Crippen LogP contribution in [0.3, 0.4) is 0 Å². The van der Waals surface area contributed by atoms with Gasteiger partial charge in [0.15, 0.2) is 0 Å². The van der Waals surface area contributed by atoms with Gasteiger partial charge in [0.1, 0.15) is 0 Å². The third-order valence-corrected chi connectivity index (χ3v) is 4.93. The predicted molar refractivity (Wildman–Crippen MR) is 124 cm³/mol. The summed E-state index contributed by atoms with van der Waals surface area (Å²) in [6.45, 7) is 1.69. The fourth-order valence-electron chi connectivity index (χ4n) is 2.69. The molecule has 162 valence electrons. The van der Waals surface area contributed by atoms with Crippen molar-refractivity contribution in [2.75, 3.05) is 5.32 Å². The number of amides is 2. The molecular weight excluding hydrogens is 455 g/mol. The smallest absolute Gasteiger partial charge is 0.271 e. The predicted octanol–water partition coefficient (Wildman–Crippen LogP) is 5.31. The molecule has 0 aliphatic heterocycles. The summed E-state index contributed by atoms with van der Waals surface area (Å²) in [6, 6.07) is 16.6. The highest BCUT2D eigenvalue weighted by Crippen LogP contribution is 2.22. The second-order valence-corrected chi connectivity index (χ2v) is 7.44.